The van der Waals surface area contributed by atoms with Crippen molar-refractivity contribution in [2.24, 2.45) is 0 Å². The molecule has 0 aliphatic carbocycles. The van der Waals surface area contributed by atoms with Crippen molar-refractivity contribution in [3.8, 4) is 5.75 Å². The van der Waals surface area contributed by atoms with E-state index in [1.165, 1.54) is 6.42 Å². The molecule has 0 spiro atoms. The van der Waals surface area contributed by atoms with Crippen LogP contribution in [0.2, 0.25) is 0 Å². The molecule has 4 nitrogen and oxygen atoms in total. The van der Waals surface area contributed by atoms with Crippen molar-refractivity contribution in [1.82, 2.24) is 0 Å². The molecule has 0 atom stereocenters. The van der Waals surface area contributed by atoms with Crippen LogP contribution in [-0.4, -0.2) is 12.8 Å². The molecule has 17 heavy (non-hydrogen) atoms. The summed E-state index contributed by atoms with van der Waals surface area (Å²) in [6.07, 6.45) is -0.0122. The zero-order valence-corrected chi connectivity index (χ0v) is 16.9. The minimum absolute atomic E-state index is 0. The molecule has 0 aromatic heterocycles. The van der Waals surface area contributed by atoms with Gasteiger partial charge in [0, 0.05) is 0 Å². The standard InChI is InChI=1S/C10H14O.CH2O3.2K/c1-2-3-9-11-10-7-5-4-6-8-10;2-1(3)4;;/h4-8H,2-3,9H2,1H3;(H2,2,3,4);;/q;;2*+1/p-2. The summed E-state index contributed by atoms with van der Waals surface area (Å²) in [5.74, 6) is 0.973. The molecule has 1 rings (SSSR count). The van der Waals surface area contributed by atoms with E-state index in [4.69, 9.17) is 19.7 Å². The van der Waals surface area contributed by atoms with Gasteiger partial charge in [-0.2, -0.15) is 0 Å². The number of hydrogen-bond acceptors (Lipinski definition) is 4. The number of carbonyl (C=O) groups excluding carboxylic acids is 1. The van der Waals surface area contributed by atoms with E-state index in [9.17, 15) is 0 Å². The van der Waals surface area contributed by atoms with Crippen LogP contribution in [0.5, 0.6) is 5.75 Å². The van der Waals surface area contributed by atoms with E-state index in [1.54, 1.807) is 0 Å². The fraction of sp³-hybridized carbons (Fsp3) is 0.364. The molecular weight excluding hydrogens is 274 g/mol. The minimum atomic E-state index is -2.33. The van der Waals surface area contributed by atoms with E-state index >= 15 is 0 Å². The zero-order valence-electron chi connectivity index (χ0n) is 10.6. The Bertz CT molecular complexity index is 263. The van der Waals surface area contributed by atoms with Gasteiger partial charge in [0.15, 0.2) is 0 Å². The number of carbonyl (C=O) groups is 1. The quantitative estimate of drug-likeness (QED) is 0.409. The summed E-state index contributed by atoms with van der Waals surface area (Å²) in [6.45, 7) is 2.99. The molecule has 1 aromatic rings. The van der Waals surface area contributed by atoms with Gasteiger partial charge in [-0.1, -0.05) is 31.5 Å². The first-order valence-electron chi connectivity index (χ1n) is 4.72. The van der Waals surface area contributed by atoms with Crippen LogP contribution < -0.4 is 118 Å². The van der Waals surface area contributed by atoms with Crippen LogP contribution in [0.3, 0.4) is 0 Å². The number of para-hydroxylation sites is 1. The van der Waals surface area contributed by atoms with Crippen LogP contribution in [0.15, 0.2) is 30.3 Å². The van der Waals surface area contributed by atoms with Gasteiger partial charge in [0.25, 0.3) is 0 Å². The fourth-order valence-electron chi connectivity index (χ4n) is 0.851. The van der Waals surface area contributed by atoms with Crippen LogP contribution in [0.1, 0.15) is 19.8 Å². The van der Waals surface area contributed by atoms with Crippen molar-refractivity contribution in [2.45, 2.75) is 19.8 Å². The van der Waals surface area contributed by atoms with Crippen molar-refractivity contribution in [3.63, 3.8) is 0 Å². The van der Waals surface area contributed by atoms with Gasteiger partial charge >= 0.3 is 103 Å². The molecular formula is C11H14K2O4. The Morgan fingerprint density at radius 3 is 2.06 bits per heavy atom. The molecule has 0 aliphatic rings. The Kier molecular flexibility index (Phi) is 24.4. The van der Waals surface area contributed by atoms with Crippen LogP contribution in [0.25, 0.3) is 0 Å². The Hall–Kier alpha value is 1.56. The zero-order chi connectivity index (χ0) is 11.5. The van der Waals surface area contributed by atoms with E-state index in [-0.39, 0.29) is 103 Å². The van der Waals surface area contributed by atoms with Gasteiger partial charge in [0.05, 0.1) is 6.61 Å². The molecule has 0 saturated carbocycles. The maximum Gasteiger partial charge on any atom is 1.00 e. The smallest absolute Gasteiger partial charge is 0.652 e. The number of rotatable bonds is 4. The van der Waals surface area contributed by atoms with Crippen LogP contribution in [0, 0.1) is 0 Å². The summed E-state index contributed by atoms with van der Waals surface area (Å²) in [4.78, 5) is 8.33. The minimum Gasteiger partial charge on any atom is -0.652 e. The summed E-state index contributed by atoms with van der Waals surface area (Å²) >= 11 is 0. The third kappa shape index (κ3) is 20.1. The van der Waals surface area contributed by atoms with Gasteiger partial charge in [0.1, 0.15) is 5.75 Å². The third-order valence-electron chi connectivity index (χ3n) is 1.51. The number of ether oxygens (including phenoxy) is 1. The normalized spacial score (nSPS) is 7.59. The molecule has 0 saturated heterocycles. The van der Waals surface area contributed by atoms with Crippen LogP contribution in [-0.2, 0) is 0 Å². The van der Waals surface area contributed by atoms with Crippen molar-refractivity contribution < 1.29 is 123 Å². The van der Waals surface area contributed by atoms with Crippen molar-refractivity contribution in [3.05, 3.63) is 30.3 Å². The molecule has 6 heteroatoms. The van der Waals surface area contributed by atoms with E-state index in [2.05, 4.69) is 6.92 Å². The van der Waals surface area contributed by atoms with Gasteiger partial charge in [-0.25, -0.2) is 0 Å². The molecule has 1 aromatic carbocycles. The fourth-order valence-corrected chi connectivity index (χ4v) is 0.851. The molecule has 0 unspecified atom stereocenters. The van der Waals surface area contributed by atoms with Crippen molar-refractivity contribution in [2.75, 3.05) is 6.61 Å². The molecule has 0 heterocycles. The maximum atomic E-state index is 8.33. The first kappa shape index (κ1) is 23.6. The van der Waals surface area contributed by atoms with Crippen molar-refractivity contribution >= 4 is 6.16 Å². The summed E-state index contributed by atoms with van der Waals surface area (Å²) in [5.41, 5.74) is 0. The summed E-state index contributed by atoms with van der Waals surface area (Å²) in [5, 5.41) is 16.7. The predicted octanol–water partition coefficient (Wildman–Crippen LogP) is -5.57. The first-order valence-corrected chi connectivity index (χ1v) is 4.72. The first-order chi connectivity index (χ1) is 7.16. The predicted molar refractivity (Wildman–Crippen MR) is 52.2 cm³/mol. The summed E-state index contributed by atoms with van der Waals surface area (Å²) in [6, 6.07) is 9.93. The number of hydrogen-bond donors (Lipinski definition) is 0. The molecule has 0 radical (unpaired) electrons. The van der Waals surface area contributed by atoms with E-state index in [1.807, 2.05) is 30.3 Å². The van der Waals surface area contributed by atoms with Gasteiger partial charge in [-0.3, -0.25) is 0 Å². The molecule has 0 N–H and O–H groups in total. The van der Waals surface area contributed by atoms with Gasteiger partial charge in [-0.05, 0) is 24.7 Å². The second-order valence-corrected chi connectivity index (χ2v) is 2.77. The van der Waals surface area contributed by atoms with E-state index < -0.39 is 6.16 Å². The Labute approximate surface area is 187 Å². The molecule has 84 valence electrons. The van der Waals surface area contributed by atoms with Gasteiger partial charge in [0.2, 0.25) is 0 Å². The van der Waals surface area contributed by atoms with E-state index in [0.717, 1.165) is 18.8 Å². The molecule has 0 aliphatic heterocycles. The third-order valence-corrected chi connectivity index (χ3v) is 1.51. The second-order valence-electron chi connectivity index (χ2n) is 2.77. The SMILES string of the molecule is CCCCOc1ccccc1.O=C([O-])[O-].[K+].[K+]. The molecule has 0 bridgehead atoms. The average Bonchev–Trinajstić information content (AvgIpc) is 2.19. The maximum absolute atomic E-state index is 8.33. The largest absolute Gasteiger partial charge is 1.00 e. The monoisotopic (exact) mass is 288 g/mol. The topological polar surface area (TPSA) is 72.4 Å². The Morgan fingerprint density at radius 2 is 1.65 bits per heavy atom. The summed E-state index contributed by atoms with van der Waals surface area (Å²) in [7, 11) is 0. The van der Waals surface area contributed by atoms with Crippen LogP contribution in [0.4, 0.5) is 4.79 Å². The second kappa shape index (κ2) is 17.6. The number of benzene rings is 1. The molecule has 0 fully saturated rings. The Morgan fingerprint density at radius 1 is 1.18 bits per heavy atom. The summed E-state index contributed by atoms with van der Waals surface area (Å²) < 4.78 is 5.45. The van der Waals surface area contributed by atoms with Gasteiger partial charge in [-0.15, -0.1) is 0 Å². The number of unbranched alkanes of at least 4 members (excludes halogenated alkanes) is 1. The Balaban J connectivity index is -0.000000289. The average molecular weight is 288 g/mol. The molecule has 0 amide bonds. The van der Waals surface area contributed by atoms with Crippen LogP contribution >= 0.6 is 0 Å². The number of carboxylic acid groups (broad SMARTS) is 2. The van der Waals surface area contributed by atoms with Crippen molar-refractivity contribution in [1.29, 1.82) is 0 Å². The van der Waals surface area contributed by atoms with Gasteiger partial charge < -0.3 is 19.7 Å². The van der Waals surface area contributed by atoms with E-state index in [0.29, 0.717) is 0 Å².